The molecule has 0 saturated carbocycles. The van der Waals surface area contributed by atoms with Gasteiger partial charge in [-0.1, -0.05) is 6.07 Å². The monoisotopic (exact) mass is 554 g/mol. The van der Waals surface area contributed by atoms with E-state index in [1.807, 2.05) is 0 Å². The number of nitrogens with one attached hydrogen (secondary N) is 1. The molecule has 204 valence electrons. The van der Waals surface area contributed by atoms with Crippen LogP contribution in [0.1, 0.15) is 17.0 Å². The molecule has 0 radical (unpaired) electrons. The molecule has 2 aromatic carbocycles. The quantitative estimate of drug-likeness (QED) is 0.288. The SMILES string of the molecule is Cn1cnc(Cn2c(=O)nc(Nc3cc4cn(CC(F)F)nc4cc3F)n(Cc3ccc(F)c(C#N)c3)c2=O)n1. The fourth-order valence-corrected chi connectivity index (χ4v) is 3.99. The third-order valence-corrected chi connectivity index (χ3v) is 5.80. The van der Waals surface area contributed by atoms with E-state index >= 15 is 0 Å². The van der Waals surface area contributed by atoms with Crippen LogP contribution in [0, 0.1) is 23.0 Å². The van der Waals surface area contributed by atoms with Crippen molar-refractivity contribution in [3.05, 3.63) is 92.4 Å². The zero-order chi connectivity index (χ0) is 28.6. The smallest absolute Gasteiger partial charge is 0.323 e. The van der Waals surface area contributed by atoms with Crippen LogP contribution in [0.5, 0.6) is 0 Å². The van der Waals surface area contributed by atoms with E-state index in [1.54, 1.807) is 13.1 Å². The van der Waals surface area contributed by atoms with Gasteiger partial charge in [0.05, 0.1) is 29.9 Å². The van der Waals surface area contributed by atoms with Crippen LogP contribution in [-0.2, 0) is 26.7 Å². The lowest BCUT2D eigenvalue weighted by atomic mass is 10.1. The summed E-state index contributed by atoms with van der Waals surface area (Å²) in [4.78, 5) is 34.3. The first-order valence-corrected chi connectivity index (χ1v) is 11.6. The van der Waals surface area contributed by atoms with Gasteiger partial charge in [0, 0.05) is 24.7 Å². The number of hydrogen-bond donors (Lipinski definition) is 1. The van der Waals surface area contributed by atoms with Crippen molar-refractivity contribution in [2.45, 2.75) is 26.1 Å². The topological polar surface area (TPSA) is 141 Å². The zero-order valence-electron chi connectivity index (χ0n) is 20.6. The van der Waals surface area contributed by atoms with Crippen LogP contribution in [0.4, 0.5) is 29.2 Å². The average Bonchev–Trinajstić information content (AvgIpc) is 3.49. The Morgan fingerprint density at radius 3 is 2.55 bits per heavy atom. The number of nitriles is 1. The lowest BCUT2D eigenvalue weighted by molar-refractivity contribution is 0.122. The van der Waals surface area contributed by atoms with Crippen molar-refractivity contribution >= 4 is 22.5 Å². The first-order valence-electron chi connectivity index (χ1n) is 11.6. The maximum absolute atomic E-state index is 15.0. The van der Waals surface area contributed by atoms with Gasteiger partial charge < -0.3 is 5.32 Å². The van der Waals surface area contributed by atoms with Gasteiger partial charge >= 0.3 is 11.4 Å². The lowest BCUT2D eigenvalue weighted by Gasteiger charge is -2.16. The van der Waals surface area contributed by atoms with Crippen LogP contribution >= 0.6 is 0 Å². The summed E-state index contributed by atoms with van der Waals surface area (Å²) in [6, 6.07) is 7.61. The second-order valence-corrected chi connectivity index (χ2v) is 8.69. The number of nitrogens with zero attached hydrogens (tertiary/aromatic N) is 9. The van der Waals surface area contributed by atoms with Gasteiger partial charge in [0.1, 0.15) is 30.6 Å². The predicted molar refractivity (Wildman–Crippen MR) is 132 cm³/mol. The van der Waals surface area contributed by atoms with Gasteiger partial charge in [-0.05, 0) is 23.8 Å². The summed E-state index contributed by atoms with van der Waals surface area (Å²) in [5.41, 5.74) is -1.91. The Morgan fingerprint density at radius 1 is 1.05 bits per heavy atom. The highest BCUT2D eigenvalue weighted by atomic mass is 19.3. The van der Waals surface area contributed by atoms with Gasteiger partial charge in [0.15, 0.2) is 5.82 Å². The number of anilines is 2. The van der Waals surface area contributed by atoms with E-state index in [4.69, 9.17) is 0 Å². The van der Waals surface area contributed by atoms with Gasteiger partial charge in [-0.25, -0.2) is 36.7 Å². The number of aryl methyl sites for hydroxylation is 1. The standard InChI is InChI=1S/C24H18F4N10O2/c1-35-12-30-21(34-35)11-38-23(39)32-22(37(24(38)40)8-13-2-3-16(25)14(4-13)7-29)31-19-5-15-9-36(10-20(27)28)33-18(15)6-17(19)26/h2-6,9,12,20H,8,10-11H2,1H3,(H,31,32,39). The molecule has 0 spiro atoms. The van der Waals surface area contributed by atoms with Gasteiger partial charge in [0.25, 0.3) is 6.43 Å². The summed E-state index contributed by atoms with van der Waals surface area (Å²) < 4.78 is 58.5. The first kappa shape index (κ1) is 26.3. The molecule has 16 heteroatoms. The first-order chi connectivity index (χ1) is 19.1. The Hall–Kier alpha value is -5.33. The molecule has 5 rings (SSSR count). The molecule has 0 bridgehead atoms. The molecule has 0 aliphatic carbocycles. The van der Waals surface area contributed by atoms with Crippen LogP contribution in [0.3, 0.4) is 0 Å². The molecular weight excluding hydrogens is 536 g/mol. The second kappa shape index (κ2) is 10.4. The number of benzene rings is 2. The molecule has 1 N–H and O–H groups in total. The second-order valence-electron chi connectivity index (χ2n) is 8.69. The van der Waals surface area contributed by atoms with E-state index in [-0.39, 0.29) is 41.6 Å². The Balaban J connectivity index is 1.60. The molecule has 0 fully saturated rings. The van der Waals surface area contributed by atoms with Crippen molar-refractivity contribution in [1.29, 1.82) is 5.26 Å². The zero-order valence-corrected chi connectivity index (χ0v) is 20.6. The minimum absolute atomic E-state index is 0.114. The van der Waals surface area contributed by atoms with Crippen LogP contribution in [-0.4, -0.2) is 45.1 Å². The maximum Gasteiger partial charge on any atom is 0.355 e. The van der Waals surface area contributed by atoms with Crippen molar-refractivity contribution in [2.24, 2.45) is 7.05 Å². The summed E-state index contributed by atoms with van der Waals surface area (Å²) in [5.74, 6) is -1.82. The van der Waals surface area contributed by atoms with E-state index in [2.05, 4.69) is 25.5 Å². The molecule has 3 aromatic heterocycles. The van der Waals surface area contributed by atoms with Crippen molar-refractivity contribution in [3.63, 3.8) is 0 Å². The van der Waals surface area contributed by atoms with Gasteiger partial charge in [-0.3, -0.25) is 13.9 Å². The Morgan fingerprint density at radius 2 is 1.85 bits per heavy atom. The van der Waals surface area contributed by atoms with Crippen LogP contribution in [0.2, 0.25) is 0 Å². The third-order valence-electron chi connectivity index (χ3n) is 5.80. The summed E-state index contributed by atoms with van der Waals surface area (Å²) in [6.45, 7) is -1.29. The van der Waals surface area contributed by atoms with E-state index in [9.17, 15) is 32.4 Å². The van der Waals surface area contributed by atoms with E-state index in [1.165, 1.54) is 35.4 Å². The van der Waals surface area contributed by atoms with Gasteiger partial charge in [-0.2, -0.15) is 20.4 Å². The highest BCUT2D eigenvalue weighted by Crippen LogP contribution is 2.25. The highest BCUT2D eigenvalue weighted by molar-refractivity contribution is 5.83. The molecule has 0 unspecified atom stereocenters. The lowest BCUT2D eigenvalue weighted by Crippen LogP contribution is -2.43. The maximum atomic E-state index is 15.0. The molecule has 5 aromatic rings. The molecule has 0 saturated heterocycles. The van der Waals surface area contributed by atoms with Gasteiger partial charge in [0.2, 0.25) is 5.95 Å². The average molecular weight is 554 g/mol. The van der Waals surface area contributed by atoms with E-state index in [0.29, 0.717) is 10.9 Å². The van der Waals surface area contributed by atoms with Crippen molar-refractivity contribution in [2.75, 3.05) is 5.32 Å². The number of aromatic nitrogens is 8. The van der Waals surface area contributed by atoms with Crippen molar-refractivity contribution in [1.82, 2.24) is 38.7 Å². The van der Waals surface area contributed by atoms with Crippen LogP contribution in [0.25, 0.3) is 10.9 Å². The summed E-state index contributed by atoms with van der Waals surface area (Å²) in [7, 11) is 1.60. The minimum atomic E-state index is -2.67. The summed E-state index contributed by atoms with van der Waals surface area (Å²) in [5, 5.41) is 20.1. The molecular formula is C24H18F4N10O2. The molecule has 0 aliphatic rings. The summed E-state index contributed by atoms with van der Waals surface area (Å²) in [6.07, 6.45) is 0.00931. The predicted octanol–water partition coefficient (Wildman–Crippen LogP) is 2.14. The number of halogens is 4. The normalized spacial score (nSPS) is 11.3. The molecule has 40 heavy (non-hydrogen) atoms. The van der Waals surface area contributed by atoms with Gasteiger partial charge in [-0.15, -0.1) is 0 Å². The largest absolute Gasteiger partial charge is 0.355 e. The van der Waals surface area contributed by atoms with Crippen LogP contribution in [0.15, 0.2) is 52.4 Å². The van der Waals surface area contributed by atoms with Crippen molar-refractivity contribution in [3.8, 4) is 6.07 Å². The molecule has 12 nitrogen and oxygen atoms in total. The highest BCUT2D eigenvalue weighted by Gasteiger charge is 2.18. The summed E-state index contributed by atoms with van der Waals surface area (Å²) >= 11 is 0. The number of alkyl halides is 2. The third kappa shape index (κ3) is 5.29. The molecule has 0 amide bonds. The number of hydrogen-bond acceptors (Lipinski definition) is 8. The fourth-order valence-electron chi connectivity index (χ4n) is 3.99. The molecule has 0 aliphatic heterocycles. The number of rotatable bonds is 8. The van der Waals surface area contributed by atoms with Crippen LogP contribution < -0.4 is 16.7 Å². The fraction of sp³-hybridized carbons (Fsp3) is 0.208. The van der Waals surface area contributed by atoms with E-state index in [0.717, 1.165) is 25.9 Å². The number of fused-ring (bicyclic) bond motifs is 1. The minimum Gasteiger partial charge on any atom is -0.323 e. The molecule has 0 atom stereocenters. The van der Waals surface area contributed by atoms with Crippen molar-refractivity contribution < 1.29 is 17.6 Å². The Kier molecular flexibility index (Phi) is 6.86. The van der Waals surface area contributed by atoms with E-state index < -0.39 is 36.0 Å². The Bertz CT molecular complexity index is 1900. The molecule has 3 heterocycles. The Labute approximate surface area is 221 Å².